The first-order valence-electron chi connectivity index (χ1n) is 11.0. The number of aliphatic hydroxyl groups is 4. The monoisotopic (exact) mass is 527 g/mol. The number of nitrogens with two attached hydrogens (primary N) is 1. The van der Waals surface area contributed by atoms with Crippen LogP contribution in [0.25, 0.3) is 0 Å². The molecule has 34 heavy (non-hydrogen) atoms. The number of benzene rings is 1. The van der Waals surface area contributed by atoms with E-state index < -0.39 is 48.5 Å². The fourth-order valence-corrected chi connectivity index (χ4v) is 3.93. The van der Waals surface area contributed by atoms with Gasteiger partial charge in [0.1, 0.15) is 0 Å². The van der Waals surface area contributed by atoms with Crippen molar-refractivity contribution in [2.75, 3.05) is 19.8 Å². The summed E-state index contributed by atoms with van der Waals surface area (Å²) in [4.78, 5) is 31.3. The van der Waals surface area contributed by atoms with Crippen molar-refractivity contribution in [1.29, 1.82) is 0 Å². The summed E-state index contributed by atoms with van der Waals surface area (Å²) < 4.78 is 3.60. The zero-order valence-corrected chi connectivity index (χ0v) is 22.7. The minimum Gasteiger partial charge on any atom is -0.395 e. The molecule has 0 aromatic heterocycles. The van der Waals surface area contributed by atoms with Crippen LogP contribution in [-0.4, -0.2) is 59.8 Å². The summed E-state index contributed by atoms with van der Waals surface area (Å²) in [5.74, 6) is 0. The van der Waals surface area contributed by atoms with Gasteiger partial charge in [0.15, 0.2) is 0 Å². The fourth-order valence-electron chi connectivity index (χ4n) is 3.41. The Morgan fingerprint density at radius 3 is 1.38 bits per heavy atom. The van der Waals surface area contributed by atoms with Crippen molar-refractivity contribution in [1.82, 2.24) is 0 Å². The Morgan fingerprint density at radius 2 is 1.18 bits per heavy atom. The molecule has 10 nitrogen and oxygen atoms in total. The molecular formula is C22H43NO9P2. The number of aliphatic hydroxyl groups excluding tert-OH is 4. The summed E-state index contributed by atoms with van der Waals surface area (Å²) in [6.45, 7) is 11.5. The van der Waals surface area contributed by atoms with Gasteiger partial charge < -0.3 is 45.7 Å². The Morgan fingerprint density at radius 1 is 0.824 bits per heavy atom. The number of hydrogen-bond donors (Lipinski definition) is 9. The SMILES string of the molecule is CCC(C)(C)c1cc(CN)cc(C(C)(C)CC)c1C(O)C(CO)(CO)CO.OP(O)OP(O)O. The molecule has 0 saturated carbocycles. The smallest absolute Gasteiger partial charge is 0.334 e. The maximum absolute atomic E-state index is 11.4. The van der Waals surface area contributed by atoms with E-state index in [0.717, 1.165) is 29.5 Å². The molecule has 1 aromatic rings. The van der Waals surface area contributed by atoms with E-state index >= 15 is 0 Å². The van der Waals surface area contributed by atoms with E-state index in [1.165, 1.54) is 0 Å². The first-order chi connectivity index (χ1) is 15.6. The normalized spacial score (nSPS) is 13.8. The van der Waals surface area contributed by atoms with Gasteiger partial charge in [-0.15, -0.1) is 0 Å². The van der Waals surface area contributed by atoms with E-state index in [1.54, 1.807) is 0 Å². The van der Waals surface area contributed by atoms with Crippen LogP contribution in [0.5, 0.6) is 0 Å². The summed E-state index contributed by atoms with van der Waals surface area (Å²) in [7, 11) is -5.22. The number of hydrogen-bond acceptors (Lipinski definition) is 10. The molecule has 0 bridgehead atoms. The molecule has 1 atom stereocenters. The summed E-state index contributed by atoms with van der Waals surface area (Å²) in [6.07, 6.45) is 0.486. The van der Waals surface area contributed by atoms with Crippen molar-refractivity contribution < 1.29 is 44.3 Å². The molecule has 0 aliphatic carbocycles. The molecule has 0 spiro atoms. The summed E-state index contributed by atoms with van der Waals surface area (Å²) in [6, 6.07) is 4.04. The topological polar surface area (TPSA) is 197 Å². The standard InChI is InChI=1S/C22H39NO4.H4O5P2/c1-7-20(3,4)16-9-15(11-23)10-17(21(5,6)8-2)18(16)19(27)22(12-24,13-25)14-26;1-6(2)5-7(3)4/h9-10,19,24-27H,7-8,11-14,23H2,1-6H3;1-4H. The third-order valence-corrected chi connectivity index (χ3v) is 7.81. The van der Waals surface area contributed by atoms with Gasteiger partial charge in [-0.3, -0.25) is 0 Å². The van der Waals surface area contributed by atoms with Gasteiger partial charge in [0, 0.05) is 6.54 Å². The molecule has 12 heteroatoms. The van der Waals surface area contributed by atoms with E-state index in [2.05, 4.69) is 45.9 Å². The molecule has 1 unspecified atom stereocenters. The molecule has 10 N–H and O–H groups in total. The van der Waals surface area contributed by atoms with Crippen molar-refractivity contribution in [3.8, 4) is 0 Å². The van der Waals surface area contributed by atoms with Gasteiger partial charge in [0.2, 0.25) is 0 Å². The first kappa shape index (κ1) is 33.7. The predicted molar refractivity (Wildman–Crippen MR) is 133 cm³/mol. The summed E-state index contributed by atoms with van der Waals surface area (Å²) >= 11 is 0. The molecule has 0 heterocycles. The maximum Gasteiger partial charge on any atom is 0.334 e. The van der Waals surface area contributed by atoms with Gasteiger partial charge in [-0.25, -0.2) is 4.31 Å². The zero-order chi connectivity index (χ0) is 26.9. The molecule has 0 fully saturated rings. The highest BCUT2D eigenvalue weighted by atomic mass is 31.2. The second kappa shape index (κ2) is 14.4. The van der Waals surface area contributed by atoms with Crippen molar-refractivity contribution >= 4 is 17.2 Å². The van der Waals surface area contributed by atoms with Crippen molar-refractivity contribution in [2.24, 2.45) is 11.1 Å². The average molecular weight is 528 g/mol. The summed E-state index contributed by atoms with van der Waals surface area (Å²) in [5.41, 5.74) is 7.66. The van der Waals surface area contributed by atoms with Gasteiger partial charge in [-0.05, 0) is 45.9 Å². The van der Waals surface area contributed by atoms with E-state index in [1.807, 2.05) is 12.1 Å². The van der Waals surface area contributed by atoms with Crippen LogP contribution in [0.1, 0.15) is 82.7 Å². The Labute approximate surface area is 205 Å². The lowest BCUT2D eigenvalue weighted by Crippen LogP contribution is -2.42. The molecule has 0 saturated heterocycles. The predicted octanol–water partition coefficient (Wildman–Crippen LogP) is 1.94. The van der Waals surface area contributed by atoms with Gasteiger partial charge in [-0.1, -0.05) is 53.7 Å². The molecule has 1 aromatic carbocycles. The molecule has 1 rings (SSSR count). The Bertz CT molecular complexity index is 690. The van der Waals surface area contributed by atoms with Crippen LogP contribution in [0.3, 0.4) is 0 Å². The van der Waals surface area contributed by atoms with Crippen molar-refractivity contribution in [3.63, 3.8) is 0 Å². The average Bonchev–Trinajstić information content (AvgIpc) is 2.78. The fraction of sp³-hybridized carbons (Fsp3) is 0.727. The van der Waals surface area contributed by atoms with Crippen molar-refractivity contribution in [2.45, 2.75) is 77.9 Å². The van der Waals surface area contributed by atoms with Gasteiger partial charge in [-0.2, -0.15) is 0 Å². The minimum absolute atomic E-state index is 0.244. The van der Waals surface area contributed by atoms with Crippen LogP contribution < -0.4 is 5.73 Å². The quantitative estimate of drug-likeness (QED) is 0.181. The molecule has 200 valence electrons. The van der Waals surface area contributed by atoms with E-state index in [-0.39, 0.29) is 10.8 Å². The van der Waals surface area contributed by atoms with Crippen LogP contribution in [-0.2, 0) is 21.7 Å². The Kier molecular flexibility index (Phi) is 14.3. The van der Waals surface area contributed by atoms with Gasteiger partial charge in [0.05, 0.1) is 31.3 Å². The molecular weight excluding hydrogens is 484 g/mol. The molecule has 0 aliphatic heterocycles. The zero-order valence-electron chi connectivity index (χ0n) is 20.9. The lowest BCUT2D eigenvalue weighted by molar-refractivity contribution is -0.0863. The highest BCUT2D eigenvalue weighted by Gasteiger charge is 2.43. The van der Waals surface area contributed by atoms with Crippen molar-refractivity contribution in [3.05, 3.63) is 34.4 Å². The highest BCUT2D eigenvalue weighted by molar-refractivity contribution is 7.53. The second-order valence-electron chi connectivity index (χ2n) is 9.61. The van der Waals surface area contributed by atoms with E-state index in [4.69, 9.17) is 25.3 Å². The lowest BCUT2D eigenvalue weighted by atomic mass is 9.67. The van der Waals surface area contributed by atoms with E-state index in [9.17, 15) is 20.4 Å². The van der Waals surface area contributed by atoms with Crippen LogP contribution >= 0.6 is 17.2 Å². The highest BCUT2D eigenvalue weighted by Crippen LogP contribution is 2.46. The second-order valence-corrected chi connectivity index (χ2v) is 11.3. The third kappa shape index (κ3) is 8.66. The maximum atomic E-state index is 11.4. The Hall–Kier alpha value is -0.320. The number of rotatable bonds is 12. The lowest BCUT2D eigenvalue weighted by Gasteiger charge is -2.41. The van der Waals surface area contributed by atoms with Crippen LogP contribution in [0, 0.1) is 5.41 Å². The third-order valence-electron chi connectivity index (χ3n) is 6.65. The van der Waals surface area contributed by atoms with Crippen LogP contribution in [0.4, 0.5) is 0 Å². The van der Waals surface area contributed by atoms with Crippen LogP contribution in [0.15, 0.2) is 12.1 Å². The summed E-state index contributed by atoms with van der Waals surface area (Å²) in [5, 5.41) is 41.1. The van der Waals surface area contributed by atoms with Gasteiger partial charge >= 0.3 is 17.2 Å². The van der Waals surface area contributed by atoms with E-state index in [0.29, 0.717) is 12.1 Å². The van der Waals surface area contributed by atoms with Gasteiger partial charge in [0.25, 0.3) is 0 Å². The molecule has 0 aliphatic rings. The minimum atomic E-state index is -2.61. The van der Waals surface area contributed by atoms with Crippen LogP contribution in [0.2, 0.25) is 0 Å². The largest absolute Gasteiger partial charge is 0.395 e. The Balaban J connectivity index is 0.00000135. The molecule has 0 radical (unpaired) electrons. The first-order valence-corrected chi connectivity index (χ1v) is 13.4. The molecule has 0 amide bonds.